The molecular formula is C26H33N3O. The van der Waals surface area contributed by atoms with Crippen LogP contribution in [-0.2, 0) is 16.8 Å². The van der Waals surface area contributed by atoms with Crippen LogP contribution in [0.5, 0.6) is 0 Å². The van der Waals surface area contributed by atoms with Crippen LogP contribution >= 0.6 is 0 Å². The Balaban J connectivity index is 1.27. The van der Waals surface area contributed by atoms with Gasteiger partial charge in [0.2, 0.25) is 5.91 Å². The van der Waals surface area contributed by atoms with Crippen molar-refractivity contribution in [1.29, 1.82) is 0 Å². The van der Waals surface area contributed by atoms with Crippen molar-refractivity contribution in [2.75, 3.05) is 20.6 Å². The predicted octanol–water partition coefficient (Wildman–Crippen LogP) is 4.86. The Bertz CT molecular complexity index is 968. The quantitative estimate of drug-likeness (QED) is 0.592. The van der Waals surface area contributed by atoms with E-state index < -0.39 is 0 Å². The molecule has 0 aliphatic heterocycles. The van der Waals surface area contributed by atoms with Crippen LogP contribution in [0, 0.1) is 5.92 Å². The average molecular weight is 404 g/mol. The van der Waals surface area contributed by atoms with Crippen LogP contribution in [0.3, 0.4) is 0 Å². The Labute approximate surface area is 179 Å². The molecule has 158 valence electrons. The van der Waals surface area contributed by atoms with Crippen LogP contribution in [0.4, 0.5) is 0 Å². The van der Waals surface area contributed by atoms with Crippen LogP contribution in [0.1, 0.15) is 43.2 Å². The van der Waals surface area contributed by atoms with Crippen LogP contribution in [0.15, 0.2) is 60.8 Å². The third kappa shape index (κ3) is 4.29. The minimum atomic E-state index is 0.101. The zero-order valence-corrected chi connectivity index (χ0v) is 18.2. The summed E-state index contributed by atoms with van der Waals surface area (Å²) in [7, 11) is 4.37. The van der Waals surface area contributed by atoms with Gasteiger partial charge in [-0.3, -0.25) is 9.69 Å². The van der Waals surface area contributed by atoms with Crippen molar-refractivity contribution in [3.8, 4) is 0 Å². The second kappa shape index (κ2) is 9.05. The van der Waals surface area contributed by atoms with Gasteiger partial charge in [0.05, 0.1) is 0 Å². The van der Waals surface area contributed by atoms with Gasteiger partial charge in [-0.25, -0.2) is 0 Å². The minimum Gasteiger partial charge on any atom is -0.361 e. The largest absolute Gasteiger partial charge is 0.361 e. The van der Waals surface area contributed by atoms with Crippen LogP contribution in [0.2, 0.25) is 0 Å². The van der Waals surface area contributed by atoms with Crippen molar-refractivity contribution in [2.24, 2.45) is 5.92 Å². The SMILES string of the molecule is CN(C)C1(c2ccccc2)CCC(CC(=O)NCCc2c[nH]c3ccccc23)CC1. The van der Waals surface area contributed by atoms with Crippen molar-refractivity contribution < 1.29 is 4.79 Å². The Morgan fingerprint density at radius 3 is 2.50 bits per heavy atom. The fourth-order valence-electron chi connectivity index (χ4n) is 5.11. The number of H-pyrrole nitrogens is 1. The first-order chi connectivity index (χ1) is 14.6. The number of hydrogen-bond acceptors (Lipinski definition) is 2. The molecule has 0 saturated heterocycles. The van der Waals surface area contributed by atoms with Gasteiger partial charge in [0, 0.05) is 35.6 Å². The number of aromatic amines is 1. The standard InChI is InChI=1S/C26H33N3O/c1-29(2)26(22-8-4-3-5-9-22)15-12-20(13-16-26)18-25(30)27-17-14-21-19-28-24-11-7-6-10-23(21)24/h3-11,19-20,28H,12-18H2,1-2H3,(H,27,30). The van der Waals surface area contributed by atoms with Gasteiger partial charge in [0.15, 0.2) is 0 Å². The van der Waals surface area contributed by atoms with E-state index in [0.29, 0.717) is 18.9 Å². The summed E-state index contributed by atoms with van der Waals surface area (Å²) >= 11 is 0. The van der Waals surface area contributed by atoms with Crippen LogP contribution in [-0.4, -0.2) is 36.4 Å². The van der Waals surface area contributed by atoms with Gasteiger partial charge in [0.25, 0.3) is 0 Å². The van der Waals surface area contributed by atoms with Gasteiger partial charge in [-0.15, -0.1) is 0 Å². The highest BCUT2D eigenvalue weighted by Crippen LogP contribution is 2.43. The molecular weight excluding hydrogens is 370 g/mol. The Hall–Kier alpha value is -2.59. The Morgan fingerprint density at radius 2 is 1.77 bits per heavy atom. The summed E-state index contributed by atoms with van der Waals surface area (Å²) in [4.78, 5) is 18.2. The summed E-state index contributed by atoms with van der Waals surface area (Å²) < 4.78 is 0. The fourth-order valence-corrected chi connectivity index (χ4v) is 5.11. The van der Waals surface area contributed by atoms with Gasteiger partial charge in [-0.2, -0.15) is 0 Å². The lowest BCUT2D eigenvalue weighted by atomic mass is 9.71. The van der Waals surface area contributed by atoms with Crippen LogP contribution in [0.25, 0.3) is 10.9 Å². The van der Waals surface area contributed by atoms with E-state index in [1.807, 2.05) is 6.07 Å². The van der Waals surface area contributed by atoms with E-state index in [9.17, 15) is 4.79 Å². The number of fused-ring (bicyclic) bond motifs is 1. The molecule has 0 atom stereocenters. The molecule has 3 aromatic rings. The van der Waals surface area contributed by atoms with E-state index in [-0.39, 0.29) is 11.4 Å². The number of para-hydroxylation sites is 1. The summed E-state index contributed by atoms with van der Waals surface area (Å²) in [6, 6.07) is 19.2. The summed E-state index contributed by atoms with van der Waals surface area (Å²) in [6.07, 6.45) is 7.98. The molecule has 0 spiro atoms. The number of carbonyl (C=O) groups is 1. The number of benzene rings is 2. The number of nitrogens with one attached hydrogen (secondary N) is 2. The lowest BCUT2D eigenvalue weighted by Gasteiger charge is -2.45. The lowest BCUT2D eigenvalue weighted by molar-refractivity contribution is -0.122. The molecule has 1 fully saturated rings. The average Bonchev–Trinajstić information content (AvgIpc) is 3.18. The number of nitrogens with zero attached hydrogens (tertiary/aromatic N) is 1. The topological polar surface area (TPSA) is 48.1 Å². The van der Waals surface area contributed by atoms with E-state index in [2.05, 4.69) is 84.0 Å². The van der Waals surface area contributed by atoms with Gasteiger partial charge >= 0.3 is 0 Å². The summed E-state index contributed by atoms with van der Waals surface area (Å²) in [6.45, 7) is 0.694. The van der Waals surface area contributed by atoms with Crippen molar-refractivity contribution in [3.63, 3.8) is 0 Å². The number of hydrogen-bond donors (Lipinski definition) is 2. The Morgan fingerprint density at radius 1 is 1.07 bits per heavy atom. The van der Waals surface area contributed by atoms with Crippen molar-refractivity contribution in [1.82, 2.24) is 15.2 Å². The predicted molar refractivity (Wildman–Crippen MR) is 123 cm³/mol. The molecule has 2 aromatic carbocycles. The summed E-state index contributed by atoms with van der Waals surface area (Å²) in [5, 5.41) is 4.39. The first kappa shape index (κ1) is 20.7. The van der Waals surface area contributed by atoms with Gasteiger partial charge in [-0.1, -0.05) is 48.5 Å². The Kier molecular flexibility index (Phi) is 6.24. The fraction of sp³-hybridized carbons (Fsp3) is 0.423. The first-order valence-electron chi connectivity index (χ1n) is 11.1. The minimum absolute atomic E-state index is 0.101. The molecule has 1 aliphatic rings. The van der Waals surface area contributed by atoms with E-state index in [1.165, 1.54) is 16.5 Å². The summed E-state index contributed by atoms with van der Waals surface area (Å²) in [5.41, 5.74) is 3.92. The summed E-state index contributed by atoms with van der Waals surface area (Å²) in [5.74, 6) is 0.673. The number of amides is 1. The zero-order chi connectivity index (χ0) is 21.0. The number of rotatable bonds is 7. The molecule has 4 heteroatoms. The molecule has 1 aromatic heterocycles. The molecule has 30 heavy (non-hydrogen) atoms. The van der Waals surface area contributed by atoms with E-state index in [4.69, 9.17) is 0 Å². The molecule has 1 saturated carbocycles. The highest BCUT2D eigenvalue weighted by Gasteiger charge is 2.38. The number of aromatic nitrogens is 1. The normalized spacial score (nSPS) is 21.8. The lowest BCUT2D eigenvalue weighted by Crippen LogP contribution is -2.44. The maximum atomic E-state index is 12.5. The molecule has 0 radical (unpaired) electrons. The molecule has 1 heterocycles. The molecule has 1 aliphatic carbocycles. The highest BCUT2D eigenvalue weighted by atomic mass is 16.1. The van der Waals surface area contributed by atoms with Gasteiger partial charge in [0.1, 0.15) is 0 Å². The first-order valence-corrected chi connectivity index (χ1v) is 11.1. The third-order valence-corrected chi connectivity index (χ3v) is 6.97. The smallest absolute Gasteiger partial charge is 0.220 e. The van der Waals surface area contributed by atoms with Crippen molar-refractivity contribution in [2.45, 2.75) is 44.1 Å². The van der Waals surface area contributed by atoms with E-state index >= 15 is 0 Å². The number of carbonyl (C=O) groups excluding carboxylic acids is 1. The molecule has 0 bridgehead atoms. The maximum absolute atomic E-state index is 12.5. The molecule has 0 unspecified atom stereocenters. The molecule has 2 N–H and O–H groups in total. The van der Waals surface area contributed by atoms with Crippen molar-refractivity contribution in [3.05, 3.63) is 71.9 Å². The van der Waals surface area contributed by atoms with E-state index in [1.54, 1.807) is 0 Å². The van der Waals surface area contributed by atoms with Gasteiger partial charge < -0.3 is 10.3 Å². The third-order valence-electron chi connectivity index (χ3n) is 6.97. The molecule has 4 rings (SSSR count). The second-order valence-corrected chi connectivity index (χ2v) is 8.90. The molecule has 1 amide bonds. The second-order valence-electron chi connectivity index (χ2n) is 8.90. The van der Waals surface area contributed by atoms with Crippen molar-refractivity contribution >= 4 is 16.8 Å². The monoisotopic (exact) mass is 403 g/mol. The van der Waals surface area contributed by atoms with Crippen LogP contribution < -0.4 is 5.32 Å². The zero-order valence-electron chi connectivity index (χ0n) is 18.2. The molecule has 4 nitrogen and oxygen atoms in total. The van der Waals surface area contributed by atoms with E-state index in [0.717, 1.165) is 37.6 Å². The highest BCUT2D eigenvalue weighted by molar-refractivity contribution is 5.83. The maximum Gasteiger partial charge on any atom is 0.220 e. The van der Waals surface area contributed by atoms with Gasteiger partial charge in [-0.05, 0) is 69.3 Å².